The van der Waals surface area contributed by atoms with Gasteiger partial charge in [0.25, 0.3) is 0 Å². The van der Waals surface area contributed by atoms with E-state index in [2.05, 4.69) is 22.6 Å². The highest BCUT2D eigenvalue weighted by atomic mass is 35.5. The van der Waals surface area contributed by atoms with E-state index in [-0.39, 0.29) is 54.4 Å². The van der Waals surface area contributed by atoms with Gasteiger partial charge in [-0.3, -0.25) is 4.79 Å². The second-order valence-corrected chi connectivity index (χ2v) is 9.68. The molecule has 2 N–H and O–H groups in total. The number of benzene rings is 2. The molecule has 2 aromatic carbocycles. The number of hydrogen-bond acceptors (Lipinski definition) is 8. The molecule has 0 aliphatic carbocycles. The van der Waals surface area contributed by atoms with Gasteiger partial charge in [0, 0.05) is 42.7 Å². The number of nitrogens with two attached hydrogens (primary N) is 1. The lowest BCUT2D eigenvalue weighted by atomic mass is 9.99. The number of fused-ring (bicyclic) bond motifs is 2. The minimum absolute atomic E-state index is 0.0175. The third-order valence-corrected chi connectivity index (χ3v) is 7.47. The van der Waals surface area contributed by atoms with Crippen LogP contribution in [0.3, 0.4) is 0 Å². The Morgan fingerprint density at radius 1 is 1.27 bits per heavy atom. The number of carbonyl (C=O) groups excluding carboxylic acids is 1. The van der Waals surface area contributed by atoms with Crippen molar-refractivity contribution in [3.63, 3.8) is 0 Å². The largest absolute Gasteiger partial charge is 0.480 e. The van der Waals surface area contributed by atoms with Gasteiger partial charge in [-0.15, -0.1) is 0 Å². The van der Waals surface area contributed by atoms with E-state index in [9.17, 15) is 14.4 Å². The molecule has 12 heteroatoms. The number of thiazole rings is 1. The Kier molecular flexibility index (Phi) is 6.31. The molecule has 0 spiro atoms. The first-order valence-electron chi connectivity index (χ1n) is 11.1. The SMILES string of the molecule is C=CC(=O)N1CCN(c2c(C#N)c(OC)nc3c(F)c(-c4ccc(F)c5sc(N)nc45)c(Cl)cc23)CC1. The van der Waals surface area contributed by atoms with Crippen LogP contribution in [0.4, 0.5) is 19.6 Å². The molecule has 1 aliphatic heterocycles. The van der Waals surface area contributed by atoms with Gasteiger partial charge >= 0.3 is 0 Å². The number of ether oxygens (including phenoxy) is 1. The lowest BCUT2D eigenvalue weighted by Crippen LogP contribution is -2.48. The number of nitrogen functional groups attached to an aromatic ring is 1. The van der Waals surface area contributed by atoms with E-state index in [0.29, 0.717) is 37.3 Å². The lowest BCUT2D eigenvalue weighted by Gasteiger charge is -2.36. The molecule has 3 heterocycles. The third-order valence-electron chi connectivity index (χ3n) is 6.28. The normalized spacial score (nSPS) is 13.7. The molecule has 8 nitrogen and oxygen atoms in total. The molecule has 4 aromatic rings. The average molecular weight is 541 g/mol. The van der Waals surface area contributed by atoms with Gasteiger partial charge in [-0.2, -0.15) is 5.26 Å². The molecule has 5 rings (SSSR count). The fourth-order valence-corrected chi connectivity index (χ4v) is 5.65. The molecule has 1 saturated heterocycles. The number of methoxy groups -OCH3 is 1. The second kappa shape index (κ2) is 9.46. The number of piperazine rings is 1. The van der Waals surface area contributed by atoms with Crippen LogP contribution in [0.1, 0.15) is 5.56 Å². The highest BCUT2D eigenvalue weighted by molar-refractivity contribution is 7.22. The van der Waals surface area contributed by atoms with Gasteiger partial charge in [-0.05, 0) is 24.3 Å². The van der Waals surface area contributed by atoms with Gasteiger partial charge in [-0.25, -0.2) is 18.7 Å². The highest BCUT2D eigenvalue weighted by Gasteiger charge is 2.29. The van der Waals surface area contributed by atoms with E-state index >= 15 is 4.39 Å². The molecule has 1 aliphatic rings. The molecule has 0 atom stereocenters. The number of nitriles is 1. The van der Waals surface area contributed by atoms with Gasteiger partial charge in [0.15, 0.2) is 10.9 Å². The van der Waals surface area contributed by atoms with Gasteiger partial charge in [0.1, 0.15) is 23.0 Å². The molecule has 0 radical (unpaired) electrons. The van der Waals surface area contributed by atoms with Crippen LogP contribution in [0, 0.1) is 23.0 Å². The number of amides is 1. The van der Waals surface area contributed by atoms with E-state index < -0.39 is 11.6 Å². The summed E-state index contributed by atoms with van der Waals surface area (Å²) in [4.78, 5) is 24.0. The summed E-state index contributed by atoms with van der Waals surface area (Å²) in [6, 6.07) is 6.24. The molecular weight excluding hydrogens is 522 g/mol. The number of hydrogen-bond donors (Lipinski definition) is 1. The van der Waals surface area contributed by atoms with Crippen LogP contribution in [-0.4, -0.2) is 54.1 Å². The number of carbonyl (C=O) groups is 1. The van der Waals surface area contributed by atoms with Gasteiger partial charge in [0.05, 0.1) is 28.0 Å². The predicted molar refractivity (Wildman–Crippen MR) is 140 cm³/mol. The van der Waals surface area contributed by atoms with E-state index in [4.69, 9.17) is 22.1 Å². The van der Waals surface area contributed by atoms with Gasteiger partial charge in [-0.1, -0.05) is 29.5 Å². The molecule has 0 saturated carbocycles. The molecule has 0 bridgehead atoms. The molecule has 2 aromatic heterocycles. The molecule has 37 heavy (non-hydrogen) atoms. The maximum absolute atomic E-state index is 16.2. The van der Waals surface area contributed by atoms with Crippen molar-refractivity contribution < 1.29 is 18.3 Å². The number of aromatic nitrogens is 2. The molecular formula is C25H19ClF2N6O2S. The summed E-state index contributed by atoms with van der Waals surface area (Å²) in [5, 5.41) is 10.4. The fourth-order valence-electron chi connectivity index (χ4n) is 4.59. The summed E-state index contributed by atoms with van der Waals surface area (Å²) < 4.78 is 36.2. The van der Waals surface area contributed by atoms with Crippen LogP contribution in [0.2, 0.25) is 5.02 Å². The summed E-state index contributed by atoms with van der Waals surface area (Å²) in [6.07, 6.45) is 1.25. The molecule has 1 amide bonds. The zero-order valence-electron chi connectivity index (χ0n) is 19.5. The Hall–Kier alpha value is -4.01. The van der Waals surface area contributed by atoms with Gasteiger partial charge in [0.2, 0.25) is 11.8 Å². The Labute approximate surface area is 219 Å². The van der Waals surface area contributed by atoms with E-state index in [1.807, 2.05) is 4.90 Å². The number of halogens is 3. The van der Waals surface area contributed by atoms with Crippen molar-refractivity contribution in [3.8, 4) is 23.1 Å². The lowest BCUT2D eigenvalue weighted by molar-refractivity contribution is -0.126. The average Bonchev–Trinajstić information content (AvgIpc) is 3.31. The Balaban J connectivity index is 1.74. The first kappa shape index (κ1) is 24.7. The van der Waals surface area contributed by atoms with Crippen molar-refractivity contribution in [1.82, 2.24) is 14.9 Å². The maximum Gasteiger partial charge on any atom is 0.246 e. The Morgan fingerprint density at radius 2 is 2.00 bits per heavy atom. The van der Waals surface area contributed by atoms with Crippen LogP contribution in [0.15, 0.2) is 30.9 Å². The quantitative estimate of drug-likeness (QED) is 0.372. The number of anilines is 2. The van der Waals surface area contributed by atoms with Crippen LogP contribution in [0.5, 0.6) is 5.88 Å². The van der Waals surface area contributed by atoms with E-state index in [1.54, 1.807) is 4.90 Å². The molecule has 1 fully saturated rings. The van der Waals surface area contributed by atoms with E-state index in [1.165, 1.54) is 31.4 Å². The summed E-state index contributed by atoms with van der Waals surface area (Å²) in [7, 11) is 1.34. The molecule has 188 valence electrons. The topological polar surface area (TPSA) is 108 Å². The van der Waals surface area contributed by atoms with Crippen LogP contribution < -0.4 is 15.4 Å². The third kappa shape index (κ3) is 3.98. The maximum atomic E-state index is 16.2. The van der Waals surface area contributed by atoms with E-state index in [0.717, 1.165) is 11.3 Å². The number of rotatable bonds is 4. The van der Waals surface area contributed by atoms with Crippen LogP contribution in [-0.2, 0) is 4.79 Å². The summed E-state index contributed by atoms with van der Waals surface area (Å²) in [5.74, 6) is -1.54. The highest BCUT2D eigenvalue weighted by Crippen LogP contribution is 2.44. The number of pyridine rings is 1. The van der Waals surface area contributed by atoms with Crippen molar-refractivity contribution in [2.45, 2.75) is 0 Å². The first-order chi connectivity index (χ1) is 17.8. The zero-order chi connectivity index (χ0) is 26.4. The van der Waals surface area contributed by atoms with Gasteiger partial charge < -0.3 is 20.3 Å². The minimum Gasteiger partial charge on any atom is -0.480 e. The number of nitrogens with zero attached hydrogens (tertiary/aromatic N) is 5. The Bertz CT molecular complexity index is 1640. The minimum atomic E-state index is -0.772. The first-order valence-corrected chi connectivity index (χ1v) is 12.3. The zero-order valence-corrected chi connectivity index (χ0v) is 21.1. The van der Waals surface area contributed by atoms with Crippen molar-refractivity contribution in [1.29, 1.82) is 5.26 Å². The monoisotopic (exact) mass is 540 g/mol. The second-order valence-electron chi connectivity index (χ2n) is 8.24. The van der Waals surface area contributed by atoms with Crippen molar-refractivity contribution in [3.05, 3.63) is 53.1 Å². The van der Waals surface area contributed by atoms with Crippen molar-refractivity contribution >= 4 is 60.8 Å². The Morgan fingerprint density at radius 3 is 2.65 bits per heavy atom. The molecule has 0 unspecified atom stereocenters. The smallest absolute Gasteiger partial charge is 0.246 e. The summed E-state index contributed by atoms with van der Waals surface area (Å²) in [6.45, 7) is 5.06. The summed E-state index contributed by atoms with van der Waals surface area (Å²) in [5.41, 5.74) is 6.69. The van der Waals surface area contributed by atoms with Crippen molar-refractivity contribution in [2.24, 2.45) is 0 Å². The standard InChI is InChI=1S/C25H19ClF2N6O2S/c1-3-17(35)33-6-8-34(9-7-33)22-13-10-15(26)18(19(28)20(13)31-24(36-2)14(22)11-29)12-4-5-16(27)23-21(12)32-25(30)37-23/h3-5,10H,1,6-9H2,2H3,(H2,30,32). The fraction of sp³-hybridized carbons (Fsp3) is 0.200. The summed E-state index contributed by atoms with van der Waals surface area (Å²) >= 11 is 7.59. The predicted octanol–water partition coefficient (Wildman–Crippen LogP) is 4.74. The van der Waals surface area contributed by atoms with Crippen LogP contribution >= 0.6 is 22.9 Å². The van der Waals surface area contributed by atoms with Crippen molar-refractivity contribution in [2.75, 3.05) is 43.9 Å². The van der Waals surface area contributed by atoms with Crippen LogP contribution in [0.25, 0.3) is 32.2 Å².